The van der Waals surface area contributed by atoms with E-state index in [1.54, 1.807) is 0 Å². The maximum Gasteiger partial charge on any atom is 0.0468 e. The van der Waals surface area contributed by atoms with Crippen LogP contribution in [0.2, 0.25) is 0 Å². The van der Waals surface area contributed by atoms with E-state index in [-0.39, 0.29) is 0 Å². The Morgan fingerprint density at radius 1 is 1.06 bits per heavy atom. The Morgan fingerprint density at radius 2 is 1.83 bits per heavy atom. The average Bonchev–Trinajstić information content (AvgIpc) is 3.23. The Balaban J connectivity index is 1.47. The molecule has 2 fully saturated rings. The summed E-state index contributed by atoms with van der Waals surface area (Å²) in [5.41, 5.74) is 0. The summed E-state index contributed by atoms with van der Waals surface area (Å²) in [4.78, 5) is 0. The van der Waals surface area contributed by atoms with Gasteiger partial charge < -0.3 is 10.1 Å². The standard InChI is InChI=1S/C16H31NO/c1-2-17-16(15-8-9-15)7-5-3-4-6-14-10-12-18-13-11-14/h14-17H,2-13H2,1H3. The average molecular weight is 253 g/mol. The normalized spacial score (nSPS) is 23.2. The van der Waals surface area contributed by atoms with Crippen LogP contribution in [-0.4, -0.2) is 25.8 Å². The first-order valence-electron chi connectivity index (χ1n) is 8.21. The van der Waals surface area contributed by atoms with Crippen LogP contribution >= 0.6 is 0 Å². The molecule has 0 aromatic rings. The smallest absolute Gasteiger partial charge is 0.0468 e. The van der Waals surface area contributed by atoms with E-state index in [0.717, 1.165) is 37.6 Å². The molecule has 2 rings (SSSR count). The summed E-state index contributed by atoms with van der Waals surface area (Å²) in [6.07, 6.45) is 12.7. The molecular weight excluding hydrogens is 222 g/mol. The molecule has 18 heavy (non-hydrogen) atoms. The van der Waals surface area contributed by atoms with E-state index in [4.69, 9.17) is 4.74 Å². The molecule has 0 aromatic heterocycles. The van der Waals surface area contributed by atoms with Gasteiger partial charge in [0, 0.05) is 19.3 Å². The van der Waals surface area contributed by atoms with Crippen molar-refractivity contribution in [3.05, 3.63) is 0 Å². The molecular formula is C16H31NO. The van der Waals surface area contributed by atoms with Crippen LogP contribution in [0.25, 0.3) is 0 Å². The number of unbranched alkanes of at least 4 members (excludes halogenated alkanes) is 2. The molecule has 2 nitrogen and oxygen atoms in total. The molecule has 2 heteroatoms. The quantitative estimate of drug-likeness (QED) is 0.632. The van der Waals surface area contributed by atoms with Crippen molar-refractivity contribution in [2.24, 2.45) is 11.8 Å². The van der Waals surface area contributed by atoms with Gasteiger partial charge in [0.1, 0.15) is 0 Å². The summed E-state index contributed by atoms with van der Waals surface area (Å²) in [7, 11) is 0. The second kappa shape index (κ2) is 8.16. The van der Waals surface area contributed by atoms with Crippen molar-refractivity contribution < 1.29 is 4.74 Å². The highest BCUT2D eigenvalue weighted by Crippen LogP contribution is 2.34. The Bertz CT molecular complexity index is 209. The van der Waals surface area contributed by atoms with E-state index in [1.165, 1.54) is 57.8 Å². The van der Waals surface area contributed by atoms with Crippen LogP contribution < -0.4 is 5.32 Å². The van der Waals surface area contributed by atoms with Gasteiger partial charge in [-0.25, -0.2) is 0 Å². The van der Waals surface area contributed by atoms with Crippen molar-refractivity contribution in [2.75, 3.05) is 19.8 Å². The maximum atomic E-state index is 5.41. The highest BCUT2D eigenvalue weighted by Gasteiger charge is 2.29. The van der Waals surface area contributed by atoms with Crippen molar-refractivity contribution in [3.63, 3.8) is 0 Å². The van der Waals surface area contributed by atoms with Crippen LogP contribution in [0.1, 0.15) is 64.7 Å². The number of nitrogens with one attached hydrogen (secondary N) is 1. The Morgan fingerprint density at radius 3 is 2.50 bits per heavy atom. The lowest BCUT2D eigenvalue weighted by Crippen LogP contribution is -2.30. The molecule has 1 saturated carbocycles. The monoisotopic (exact) mass is 253 g/mol. The lowest BCUT2D eigenvalue weighted by Gasteiger charge is -2.22. The fraction of sp³-hybridized carbons (Fsp3) is 1.00. The topological polar surface area (TPSA) is 21.3 Å². The Labute approximate surface area is 113 Å². The number of hydrogen-bond donors (Lipinski definition) is 1. The van der Waals surface area contributed by atoms with Gasteiger partial charge in [-0.1, -0.05) is 32.6 Å². The molecule has 1 N–H and O–H groups in total. The summed E-state index contributed by atoms with van der Waals surface area (Å²) in [6.45, 7) is 5.40. The first kappa shape index (κ1) is 14.3. The molecule has 0 amide bonds. The van der Waals surface area contributed by atoms with Gasteiger partial charge in [0.05, 0.1) is 0 Å². The summed E-state index contributed by atoms with van der Waals surface area (Å²) < 4.78 is 5.41. The predicted octanol–water partition coefficient (Wildman–Crippen LogP) is 3.75. The second-order valence-electron chi connectivity index (χ2n) is 6.20. The molecule has 0 bridgehead atoms. The number of hydrogen-bond acceptors (Lipinski definition) is 2. The maximum absolute atomic E-state index is 5.41. The summed E-state index contributed by atoms with van der Waals surface area (Å²) in [5, 5.41) is 3.67. The zero-order chi connectivity index (χ0) is 12.6. The van der Waals surface area contributed by atoms with Gasteiger partial charge in [-0.15, -0.1) is 0 Å². The molecule has 0 radical (unpaired) electrons. The molecule has 1 saturated heterocycles. The van der Waals surface area contributed by atoms with E-state index in [0.29, 0.717) is 0 Å². The number of ether oxygens (including phenoxy) is 1. The fourth-order valence-electron chi connectivity index (χ4n) is 3.27. The zero-order valence-electron chi connectivity index (χ0n) is 12.1. The van der Waals surface area contributed by atoms with Crippen LogP contribution in [0, 0.1) is 11.8 Å². The molecule has 2 aliphatic rings. The van der Waals surface area contributed by atoms with Gasteiger partial charge in [0.2, 0.25) is 0 Å². The van der Waals surface area contributed by atoms with Gasteiger partial charge in [-0.05, 0) is 50.5 Å². The molecule has 0 spiro atoms. The van der Waals surface area contributed by atoms with Crippen LogP contribution in [0.5, 0.6) is 0 Å². The van der Waals surface area contributed by atoms with Crippen LogP contribution in [0.3, 0.4) is 0 Å². The van der Waals surface area contributed by atoms with Crippen molar-refractivity contribution in [1.29, 1.82) is 0 Å². The van der Waals surface area contributed by atoms with Gasteiger partial charge in [0.25, 0.3) is 0 Å². The largest absolute Gasteiger partial charge is 0.381 e. The van der Waals surface area contributed by atoms with E-state index in [1.807, 2.05) is 0 Å². The van der Waals surface area contributed by atoms with E-state index in [9.17, 15) is 0 Å². The second-order valence-corrected chi connectivity index (χ2v) is 6.20. The summed E-state index contributed by atoms with van der Waals surface area (Å²) in [5.74, 6) is 1.98. The summed E-state index contributed by atoms with van der Waals surface area (Å²) in [6, 6.07) is 0.832. The lowest BCUT2D eigenvalue weighted by atomic mass is 9.93. The van der Waals surface area contributed by atoms with Crippen LogP contribution in [0.15, 0.2) is 0 Å². The zero-order valence-corrected chi connectivity index (χ0v) is 12.1. The van der Waals surface area contributed by atoms with Gasteiger partial charge >= 0.3 is 0 Å². The molecule has 0 aromatic carbocycles. The molecule has 1 aliphatic heterocycles. The van der Waals surface area contributed by atoms with Crippen molar-refractivity contribution in [1.82, 2.24) is 5.32 Å². The minimum absolute atomic E-state index is 0.832. The fourth-order valence-corrected chi connectivity index (χ4v) is 3.27. The Kier molecular flexibility index (Phi) is 6.50. The molecule has 1 aliphatic carbocycles. The predicted molar refractivity (Wildman–Crippen MR) is 76.8 cm³/mol. The minimum atomic E-state index is 0.832. The molecule has 106 valence electrons. The lowest BCUT2D eigenvalue weighted by molar-refractivity contribution is 0.0631. The molecule has 1 atom stereocenters. The van der Waals surface area contributed by atoms with E-state index >= 15 is 0 Å². The highest BCUT2D eigenvalue weighted by molar-refractivity contribution is 4.85. The van der Waals surface area contributed by atoms with Crippen LogP contribution in [-0.2, 0) is 4.74 Å². The van der Waals surface area contributed by atoms with Crippen molar-refractivity contribution in [2.45, 2.75) is 70.8 Å². The molecule has 1 heterocycles. The summed E-state index contributed by atoms with van der Waals surface area (Å²) >= 11 is 0. The van der Waals surface area contributed by atoms with E-state index in [2.05, 4.69) is 12.2 Å². The van der Waals surface area contributed by atoms with Crippen molar-refractivity contribution >= 4 is 0 Å². The third kappa shape index (κ3) is 5.27. The minimum Gasteiger partial charge on any atom is -0.381 e. The SMILES string of the molecule is CCNC(CCCCCC1CCOCC1)C1CC1. The first-order valence-corrected chi connectivity index (χ1v) is 8.21. The molecule has 1 unspecified atom stereocenters. The Hall–Kier alpha value is -0.0800. The first-order chi connectivity index (χ1) is 8.90. The van der Waals surface area contributed by atoms with Gasteiger partial charge in [0.15, 0.2) is 0 Å². The van der Waals surface area contributed by atoms with Crippen molar-refractivity contribution in [3.8, 4) is 0 Å². The van der Waals surface area contributed by atoms with Crippen LogP contribution in [0.4, 0.5) is 0 Å². The van der Waals surface area contributed by atoms with Gasteiger partial charge in [-0.3, -0.25) is 0 Å². The third-order valence-corrected chi connectivity index (χ3v) is 4.63. The third-order valence-electron chi connectivity index (χ3n) is 4.63. The highest BCUT2D eigenvalue weighted by atomic mass is 16.5. The number of rotatable bonds is 9. The van der Waals surface area contributed by atoms with Gasteiger partial charge in [-0.2, -0.15) is 0 Å². The van der Waals surface area contributed by atoms with E-state index < -0.39 is 0 Å².